The molecule has 10 nitrogen and oxygen atoms in total. The summed E-state index contributed by atoms with van der Waals surface area (Å²) in [5.41, 5.74) is 5.06. The maximum absolute atomic E-state index is 12.7. The van der Waals surface area contributed by atoms with Gasteiger partial charge in [0.15, 0.2) is 17.0 Å². The van der Waals surface area contributed by atoms with Crippen molar-refractivity contribution in [1.29, 1.82) is 0 Å². The second-order valence-electron chi connectivity index (χ2n) is 9.17. The molecule has 2 amide bonds. The van der Waals surface area contributed by atoms with Crippen LogP contribution in [0.5, 0.6) is 11.5 Å². The highest BCUT2D eigenvalue weighted by molar-refractivity contribution is 5.89. The lowest BCUT2D eigenvalue weighted by atomic mass is 9.92. The zero-order chi connectivity index (χ0) is 24.5. The average Bonchev–Trinajstić information content (AvgIpc) is 3.15. The summed E-state index contributed by atoms with van der Waals surface area (Å²) in [6.45, 7) is 2.52. The van der Waals surface area contributed by atoms with Crippen molar-refractivity contribution in [2.24, 2.45) is 0 Å². The van der Waals surface area contributed by atoms with Crippen molar-refractivity contribution in [1.82, 2.24) is 19.8 Å². The Morgan fingerprint density at radius 1 is 1.15 bits per heavy atom. The van der Waals surface area contributed by atoms with Gasteiger partial charge in [0.05, 0.1) is 17.6 Å². The van der Waals surface area contributed by atoms with Crippen LogP contribution in [-0.2, 0) is 16.0 Å². The van der Waals surface area contributed by atoms with Crippen molar-refractivity contribution in [2.45, 2.75) is 37.8 Å². The van der Waals surface area contributed by atoms with Gasteiger partial charge >= 0.3 is 5.69 Å². The third-order valence-corrected chi connectivity index (χ3v) is 6.39. The van der Waals surface area contributed by atoms with Gasteiger partial charge in [-0.05, 0) is 42.7 Å². The van der Waals surface area contributed by atoms with E-state index in [2.05, 4.69) is 16.0 Å². The summed E-state index contributed by atoms with van der Waals surface area (Å²) in [6.07, 6.45) is 1.53. The van der Waals surface area contributed by atoms with Crippen molar-refractivity contribution >= 4 is 22.8 Å². The minimum atomic E-state index is -1.06. The molecular formula is C24H30N5O5+. The summed E-state index contributed by atoms with van der Waals surface area (Å²) in [5, 5.41) is 21.8. The maximum atomic E-state index is 12.7. The molecule has 7 N–H and O–H groups in total. The maximum Gasteiger partial charge on any atom is 0.326 e. The Morgan fingerprint density at radius 2 is 1.85 bits per heavy atom. The highest BCUT2D eigenvalue weighted by Crippen LogP contribution is 2.26. The van der Waals surface area contributed by atoms with Gasteiger partial charge in [0.2, 0.25) is 5.91 Å². The summed E-state index contributed by atoms with van der Waals surface area (Å²) >= 11 is 0. The molecule has 4 rings (SSSR count). The molecule has 1 saturated heterocycles. The van der Waals surface area contributed by atoms with Crippen LogP contribution in [0.4, 0.5) is 0 Å². The number of nitrogens with zero attached hydrogens (tertiary/aromatic N) is 2. The first-order valence-electron chi connectivity index (χ1n) is 11.3. The lowest BCUT2D eigenvalue weighted by Gasteiger charge is -2.32. The van der Waals surface area contributed by atoms with Crippen molar-refractivity contribution in [3.63, 3.8) is 0 Å². The number of phenols is 2. The Kier molecular flexibility index (Phi) is 6.34. The molecule has 3 aromatic rings. The normalized spacial score (nSPS) is 16.4. The zero-order valence-electron chi connectivity index (χ0n) is 19.1. The summed E-state index contributed by atoms with van der Waals surface area (Å²) in [6, 6.07) is 11.9. The molecule has 0 aliphatic carbocycles. The van der Waals surface area contributed by atoms with Crippen molar-refractivity contribution in [3.8, 4) is 11.5 Å². The largest absolute Gasteiger partial charge is 0.504 e. The second kappa shape index (κ2) is 9.22. The van der Waals surface area contributed by atoms with Crippen LogP contribution in [-0.4, -0.2) is 61.7 Å². The number of aromatic hydroxyl groups is 2. The zero-order valence-corrected chi connectivity index (χ0v) is 19.1. The van der Waals surface area contributed by atoms with E-state index in [9.17, 15) is 24.6 Å². The Hall–Kier alpha value is -3.79. The molecule has 1 aliphatic rings. The molecule has 1 aliphatic heterocycles. The predicted octanol–water partition coefficient (Wildman–Crippen LogP) is 0.264. The molecular weight excluding hydrogens is 438 g/mol. The molecule has 2 heterocycles. The third-order valence-electron chi connectivity index (χ3n) is 6.39. The first kappa shape index (κ1) is 23.4. The van der Waals surface area contributed by atoms with Gasteiger partial charge in [0, 0.05) is 32.5 Å². The fraction of sp³-hybridized carbons (Fsp3) is 0.375. The molecule has 180 valence electrons. The van der Waals surface area contributed by atoms with Crippen LogP contribution < -0.4 is 16.7 Å². The number of carbonyl (C=O) groups excluding carboxylic acids is 2. The highest BCUT2D eigenvalue weighted by Gasteiger charge is 2.34. The van der Waals surface area contributed by atoms with Crippen molar-refractivity contribution in [2.75, 3.05) is 19.6 Å². The molecule has 0 radical (unpaired) electrons. The highest BCUT2D eigenvalue weighted by atomic mass is 16.3. The monoisotopic (exact) mass is 468 g/mol. The molecule has 0 spiro atoms. The van der Waals surface area contributed by atoms with Crippen LogP contribution in [0.2, 0.25) is 0 Å². The number of imidazole rings is 1. The Balaban J connectivity index is 1.30. The molecule has 1 aromatic heterocycles. The van der Waals surface area contributed by atoms with E-state index in [1.54, 1.807) is 22.5 Å². The smallest absolute Gasteiger partial charge is 0.326 e. The molecule has 2 aromatic carbocycles. The predicted molar refractivity (Wildman–Crippen MR) is 125 cm³/mol. The van der Waals surface area contributed by atoms with Crippen LogP contribution >= 0.6 is 0 Å². The fourth-order valence-electron chi connectivity index (χ4n) is 4.50. The van der Waals surface area contributed by atoms with Crippen LogP contribution in [0.15, 0.2) is 47.3 Å². The lowest BCUT2D eigenvalue weighted by Crippen LogP contribution is -2.78. The topological polar surface area (TPSA) is 155 Å². The Bertz CT molecular complexity index is 1270. The number of likely N-dealkylation sites (tertiary alicyclic amines) is 1. The van der Waals surface area contributed by atoms with Gasteiger partial charge in [-0.3, -0.25) is 14.2 Å². The molecule has 1 fully saturated rings. The summed E-state index contributed by atoms with van der Waals surface area (Å²) in [5.74, 6) is -1.06. The number of nitrogens with one attached hydrogen (secondary N) is 2. The second-order valence-corrected chi connectivity index (χ2v) is 9.17. The number of rotatable bonds is 6. The van der Waals surface area contributed by atoms with Crippen LogP contribution in [0.25, 0.3) is 11.0 Å². The summed E-state index contributed by atoms with van der Waals surface area (Å²) in [7, 11) is 0. The molecule has 0 saturated carbocycles. The number of aromatic nitrogens is 2. The average molecular weight is 469 g/mol. The van der Waals surface area contributed by atoms with Gasteiger partial charge in [0.25, 0.3) is 5.91 Å². The quantitative estimate of drug-likeness (QED) is 0.328. The lowest BCUT2D eigenvalue weighted by molar-refractivity contribution is -0.451. The van der Waals surface area contributed by atoms with E-state index in [1.807, 2.05) is 24.3 Å². The van der Waals surface area contributed by atoms with Gasteiger partial charge in [-0.2, -0.15) is 0 Å². The van der Waals surface area contributed by atoms with Gasteiger partial charge in [-0.15, -0.1) is 0 Å². The third kappa shape index (κ3) is 4.76. The van der Waals surface area contributed by atoms with E-state index in [0.717, 1.165) is 11.0 Å². The van der Waals surface area contributed by atoms with Crippen molar-refractivity contribution < 1.29 is 25.5 Å². The number of phenolic OH excluding ortho intramolecular Hbond substituents is 2. The Morgan fingerprint density at radius 3 is 2.56 bits per heavy atom. The number of amides is 2. The van der Waals surface area contributed by atoms with E-state index < -0.39 is 5.54 Å². The number of para-hydroxylation sites is 2. The molecule has 34 heavy (non-hydrogen) atoms. The van der Waals surface area contributed by atoms with E-state index in [0.29, 0.717) is 31.5 Å². The molecule has 0 bridgehead atoms. The standard InChI is InChI=1S/C24H29N5O5/c1-24(25,13-15-6-7-19(30)20(31)12-15)22(33)26-14-21(32)28-10-8-16(9-11-28)29-18-5-3-2-4-17(18)27-23(29)34/h2-7,12,16,30-31H,8-11,13-14,25H2,1H3,(H,26,33)(H,27,34)/p+1/t24-/m0/s1. The van der Waals surface area contributed by atoms with Crippen LogP contribution in [0.3, 0.4) is 0 Å². The SMILES string of the molecule is C[C@]([NH3+])(Cc1ccc(O)c(O)c1)C(=O)NCC(=O)N1CCC(n2c(=O)[nH]c3ccccc32)CC1. The number of hydrogen-bond acceptors (Lipinski definition) is 5. The van der Waals surface area contributed by atoms with E-state index >= 15 is 0 Å². The molecule has 1 atom stereocenters. The van der Waals surface area contributed by atoms with E-state index in [1.165, 1.54) is 12.1 Å². The number of piperidine rings is 1. The first-order chi connectivity index (χ1) is 16.2. The van der Waals surface area contributed by atoms with Crippen molar-refractivity contribution in [3.05, 3.63) is 58.5 Å². The number of aromatic amines is 1. The molecule has 10 heteroatoms. The van der Waals surface area contributed by atoms with Gasteiger partial charge in [-0.1, -0.05) is 18.2 Å². The fourth-order valence-corrected chi connectivity index (χ4v) is 4.50. The summed E-state index contributed by atoms with van der Waals surface area (Å²) in [4.78, 5) is 42.4. The number of hydrogen-bond donors (Lipinski definition) is 5. The van der Waals surface area contributed by atoms with Gasteiger partial charge < -0.3 is 31.1 Å². The van der Waals surface area contributed by atoms with Gasteiger partial charge in [-0.25, -0.2) is 4.79 Å². The minimum Gasteiger partial charge on any atom is -0.504 e. The van der Waals surface area contributed by atoms with Gasteiger partial charge in [0.1, 0.15) is 0 Å². The van der Waals surface area contributed by atoms with E-state index in [4.69, 9.17) is 0 Å². The number of benzene rings is 2. The minimum absolute atomic E-state index is 0.00662. The number of quaternary nitrogens is 1. The summed E-state index contributed by atoms with van der Waals surface area (Å²) < 4.78 is 1.77. The van der Waals surface area contributed by atoms with Crippen LogP contribution in [0, 0.1) is 0 Å². The number of fused-ring (bicyclic) bond motifs is 1. The first-order valence-corrected chi connectivity index (χ1v) is 11.3. The number of H-pyrrole nitrogens is 1. The van der Waals surface area contributed by atoms with E-state index in [-0.39, 0.29) is 48.0 Å². The Labute approximate surface area is 196 Å². The van der Waals surface area contributed by atoms with Crippen LogP contribution in [0.1, 0.15) is 31.4 Å². The molecule has 0 unspecified atom stereocenters. The number of carbonyl (C=O) groups is 2.